The monoisotopic (exact) mass is 330 g/mol. The number of thiocarbonyl (C=S) groups is 1. The van der Waals surface area contributed by atoms with Crippen LogP contribution in [0.15, 0.2) is 24.5 Å². The largest absolute Gasteiger partial charge is 0.356 e. The van der Waals surface area contributed by atoms with Crippen LogP contribution in [0.4, 0.5) is 0 Å². The van der Waals surface area contributed by atoms with Gasteiger partial charge in [-0.25, -0.2) is 0 Å². The fraction of sp³-hybridized carbons (Fsp3) is 0.588. The maximum atomic E-state index is 12.0. The van der Waals surface area contributed by atoms with Crippen LogP contribution in [-0.2, 0) is 0 Å². The van der Waals surface area contributed by atoms with Crippen LogP contribution in [0.25, 0.3) is 0 Å². The average molecular weight is 330 g/mol. The van der Waals surface area contributed by atoms with E-state index in [-0.39, 0.29) is 11.4 Å². The highest BCUT2D eigenvalue weighted by Gasteiger charge is 2.51. The highest BCUT2D eigenvalue weighted by atomic mass is 32.1. The fourth-order valence-electron chi connectivity index (χ4n) is 5.22. The summed E-state index contributed by atoms with van der Waals surface area (Å²) in [4.78, 5) is 16.0. The molecule has 0 aromatic carbocycles. The number of carbonyl (C=O) groups is 1. The van der Waals surface area contributed by atoms with Crippen molar-refractivity contribution in [2.24, 2.45) is 17.8 Å². The van der Waals surface area contributed by atoms with Crippen LogP contribution in [0.3, 0.4) is 0 Å². The van der Waals surface area contributed by atoms with Gasteiger partial charge < -0.3 is 5.32 Å². The number of amides is 1. The van der Waals surface area contributed by atoms with Crippen LogP contribution in [0.1, 0.15) is 48.9 Å². The summed E-state index contributed by atoms with van der Waals surface area (Å²) >= 11 is 5.41. The van der Waals surface area contributed by atoms with Crippen LogP contribution >= 0.6 is 12.2 Å². The molecule has 1 aromatic heterocycles. The van der Waals surface area contributed by atoms with E-state index in [1.807, 2.05) is 0 Å². The molecule has 0 radical (unpaired) electrons. The zero-order valence-electron chi connectivity index (χ0n) is 13.0. The van der Waals surface area contributed by atoms with Gasteiger partial charge in [-0.15, -0.1) is 0 Å². The van der Waals surface area contributed by atoms with E-state index in [1.165, 1.54) is 44.7 Å². The van der Waals surface area contributed by atoms with Gasteiger partial charge in [0.1, 0.15) is 0 Å². The first-order valence-corrected chi connectivity index (χ1v) is 8.81. The lowest BCUT2D eigenvalue weighted by Gasteiger charge is -2.57. The number of pyridine rings is 1. The molecule has 0 atom stereocenters. The third-order valence-corrected chi connectivity index (χ3v) is 5.83. The smallest absolute Gasteiger partial charge is 0.271 e. The number of rotatable bonds is 2. The summed E-state index contributed by atoms with van der Waals surface area (Å²) in [6.45, 7) is 0. The van der Waals surface area contributed by atoms with Crippen LogP contribution in [0.5, 0.6) is 0 Å². The summed E-state index contributed by atoms with van der Waals surface area (Å²) in [5, 5.41) is 4.04. The number of hydrazine groups is 1. The van der Waals surface area contributed by atoms with Crippen molar-refractivity contribution in [2.75, 3.05) is 0 Å². The second-order valence-electron chi connectivity index (χ2n) is 7.47. The van der Waals surface area contributed by atoms with E-state index in [4.69, 9.17) is 12.2 Å². The zero-order valence-corrected chi connectivity index (χ0v) is 13.9. The number of nitrogens with zero attached hydrogens (tertiary/aromatic N) is 1. The summed E-state index contributed by atoms with van der Waals surface area (Å²) in [5.41, 5.74) is 6.16. The molecule has 4 bridgehead atoms. The molecule has 0 spiro atoms. The summed E-state index contributed by atoms with van der Waals surface area (Å²) in [7, 11) is 0. The Kier molecular flexibility index (Phi) is 3.71. The molecule has 1 amide bonds. The van der Waals surface area contributed by atoms with E-state index in [9.17, 15) is 4.79 Å². The van der Waals surface area contributed by atoms with Crippen LogP contribution < -0.4 is 16.2 Å². The summed E-state index contributed by atoms with van der Waals surface area (Å²) < 4.78 is 0. The van der Waals surface area contributed by atoms with E-state index in [1.54, 1.807) is 18.3 Å². The molecule has 1 heterocycles. The number of carbonyl (C=O) groups excluding carboxylic acids is 1. The molecule has 4 fully saturated rings. The molecule has 4 saturated carbocycles. The number of nitrogens with one attached hydrogen (secondary N) is 3. The Morgan fingerprint density at radius 2 is 1.78 bits per heavy atom. The molecule has 5 nitrogen and oxygen atoms in total. The van der Waals surface area contributed by atoms with E-state index in [0.717, 1.165) is 17.8 Å². The predicted octanol–water partition coefficient (Wildman–Crippen LogP) is 2.16. The third kappa shape index (κ3) is 3.04. The number of hydrogen-bond donors (Lipinski definition) is 3. The lowest BCUT2D eigenvalue weighted by Crippen LogP contribution is -2.62. The molecule has 4 aliphatic rings. The van der Waals surface area contributed by atoms with Crippen LogP contribution in [0.2, 0.25) is 0 Å². The van der Waals surface area contributed by atoms with Gasteiger partial charge in [-0.1, -0.05) is 0 Å². The van der Waals surface area contributed by atoms with Gasteiger partial charge in [-0.2, -0.15) is 0 Å². The topological polar surface area (TPSA) is 66.1 Å². The van der Waals surface area contributed by atoms with Gasteiger partial charge in [-0.05, 0) is 80.6 Å². The van der Waals surface area contributed by atoms with Gasteiger partial charge >= 0.3 is 0 Å². The second kappa shape index (κ2) is 5.74. The van der Waals surface area contributed by atoms with Gasteiger partial charge in [0.25, 0.3) is 5.91 Å². The van der Waals surface area contributed by atoms with Crippen LogP contribution in [-0.4, -0.2) is 21.5 Å². The van der Waals surface area contributed by atoms with Crippen molar-refractivity contribution in [3.8, 4) is 0 Å². The molecular weight excluding hydrogens is 308 g/mol. The highest BCUT2D eigenvalue weighted by molar-refractivity contribution is 7.80. The predicted molar refractivity (Wildman–Crippen MR) is 91.5 cm³/mol. The molecule has 0 aliphatic heterocycles. The van der Waals surface area contributed by atoms with Crippen LogP contribution in [0, 0.1) is 17.8 Å². The van der Waals surface area contributed by atoms with Gasteiger partial charge in [0.15, 0.2) is 5.11 Å². The zero-order chi connectivity index (χ0) is 15.9. The SMILES string of the molecule is O=C(NNC(=S)NC12CC3CC(CC(C3)C1)C2)c1cccnc1. The maximum absolute atomic E-state index is 12.0. The molecule has 3 N–H and O–H groups in total. The molecular formula is C17H22N4OS. The van der Waals surface area contributed by atoms with Gasteiger partial charge in [0.2, 0.25) is 0 Å². The van der Waals surface area contributed by atoms with E-state index in [2.05, 4.69) is 21.2 Å². The van der Waals surface area contributed by atoms with Gasteiger partial charge in [0.05, 0.1) is 5.56 Å². The van der Waals surface area contributed by atoms with Crippen molar-refractivity contribution in [1.82, 2.24) is 21.2 Å². The normalized spacial score (nSPS) is 34.0. The Labute approximate surface area is 141 Å². The molecule has 122 valence electrons. The minimum Gasteiger partial charge on any atom is -0.356 e. The highest BCUT2D eigenvalue weighted by Crippen LogP contribution is 2.55. The van der Waals surface area contributed by atoms with E-state index >= 15 is 0 Å². The summed E-state index contributed by atoms with van der Waals surface area (Å²) in [6, 6.07) is 3.46. The standard InChI is InChI=1S/C17H22N4OS/c22-15(14-2-1-3-18-10-14)20-21-16(23)19-17-7-11-4-12(8-17)6-13(5-11)9-17/h1-3,10-13H,4-9H2,(H,20,22)(H2,19,21,23). The van der Waals surface area contributed by atoms with Crippen molar-refractivity contribution in [3.63, 3.8) is 0 Å². The first-order chi connectivity index (χ1) is 11.1. The molecule has 6 heteroatoms. The first-order valence-electron chi connectivity index (χ1n) is 8.40. The maximum Gasteiger partial charge on any atom is 0.271 e. The van der Waals surface area contributed by atoms with E-state index in [0.29, 0.717) is 10.7 Å². The third-order valence-electron chi connectivity index (χ3n) is 5.63. The van der Waals surface area contributed by atoms with Crippen molar-refractivity contribution in [3.05, 3.63) is 30.1 Å². The van der Waals surface area contributed by atoms with Crippen molar-refractivity contribution in [2.45, 2.75) is 44.1 Å². The number of hydrogen-bond acceptors (Lipinski definition) is 3. The van der Waals surface area contributed by atoms with Crippen molar-refractivity contribution in [1.29, 1.82) is 0 Å². The average Bonchev–Trinajstić information content (AvgIpc) is 2.51. The molecule has 5 rings (SSSR count). The Balaban J connectivity index is 1.33. The molecule has 1 aromatic rings. The molecule has 23 heavy (non-hydrogen) atoms. The molecule has 0 unspecified atom stereocenters. The quantitative estimate of drug-likeness (QED) is 0.573. The summed E-state index contributed by atoms with van der Waals surface area (Å²) in [6.07, 6.45) is 11.0. The first kappa shape index (κ1) is 14.9. The Morgan fingerprint density at radius 1 is 1.13 bits per heavy atom. The Hall–Kier alpha value is -1.69. The van der Waals surface area contributed by atoms with Gasteiger partial charge in [-0.3, -0.25) is 20.6 Å². The van der Waals surface area contributed by atoms with Gasteiger partial charge in [0, 0.05) is 17.9 Å². The van der Waals surface area contributed by atoms with Crippen molar-refractivity contribution < 1.29 is 4.79 Å². The minimum absolute atomic E-state index is 0.151. The second-order valence-corrected chi connectivity index (χ2v) is 7.88. The lowest BCUT2D eigenvalue weighted by molar-refractivity contribution is -0.0102. The molecule has 4 aliphatic carbocycles. The summed E-state index contributed by atoms with van der Waals surface area (Å²) in [5.74, 6) is 2.36. The Morgan fingerprint density at radius 3 is 2.35 bits per heavy atom. The lowest BCUT2D eigenvalue weighted by atomic mass is 9.53. The number of aromatic nitrogens is 1. The Bertz CT molecular complexity index is 583. The molecule has 0 saturated heterocycles. The fourth-order valence-corrected chi connectivity index (χ4v) is 5.49. The minimum atomic E-state index is -0.229. The van der Waals surface area contributed by atoms with E-state index < -0.39 is 0 Å². The van der Waals surface area contributed by atoms with Crippen molar-refractivity contribution >= 4 is 23.2 Å².